The van der Waals surface area contributed by atoms with Crippen molar-refractivity contribution >= 4 is 50.5 Å². The number of aromatic hydroxyl groups is 1. The molecule has 0 aliphatic heterocycles. The predicted octanol–water partition coefficient (Wildman–Crippen LogP) is 3.19. The van der Waals surface area contributed by atoms with E-state index in [1.54, 1.807) is 24.3 Å². The number of rotatable bonds is 3. The zero-order valence-electron chi connectivity index (χ0n) is 11.4. The van der Waals surface area contributed by atoms with Gasteiger partial charge in [-0.25, -0.2) is 0 Å². The van der Waals surface area contributed by atoms with Gasteiger partial charge >= 0.3 is 0 Å². The van der Waals surface area contributed by atoms with Gasteiger partial charge in [-0.3, -0.25) is 20.2 Å². The molecule has 0 saturated heterocycles. The Labute approximate surface area is 144 Å². The number of halogens is 1. The number of amides is 1. The molecule has 2 rings (SSSR count). The van der Waals surface area contributed by atoms with Gasteiger partial charge in [0.25, 0.3) is 11.6 Å². The van der Waals surface area contributed by atoms with Crippen LogP contribution in [0.15, 0.2) is 46.9 Å². The van der Waals surface area contributed by atoms with Crippen LogP contribution in [0.5, 0.6) is 5.75 Å². The molecule has 23 heavy (non-hydrogen) atoms. The van der Waals surface area contributed by atoms with E-state index in [1.165, 1.54) is 6.07 Å². The number of nitrogens with one attached hydrogen (secondary N) is 2. The first kappa shape index (κ1) is 16.8. The second kappa shape index (κ2) is 7.16. The third-order valence-corrected chi connectivity index (χ3v) is 3.68. The summed E-state index contributed by atoms with van der Waals surface area (Å²) in [5.41, 5.74) is 0.182. The first-order chi connectivity index (χ1) is 10.9. The summed E-state index contributed by atoms with van der Waals surface area (Å²) in [4.78, 5) is 22.2. The van der Waals surface area contributed by atoms with Crippen molar-refractivity contribution in [3.63, 3.8) is 0 Å². The quantitative estimate of drug-likeness (QED) is 0.319. The smallest absolute Gasteiger partial charge is 0.271 e. The van der Waals surface area contributed by atoms with Crippen molar-refractivity contribution in [2.75, 3.05) is 5.32 Å². The number of non-ortho nitro benzene ring substituents is 1. The second-order valence-electron chi connectivity index (χ2n) is 4.35. The molecule has 0 aliphatic rings. The van der Waals surface area contributed by atoms with Crippen LogP contribution in [0.1, 0.15) is 10.4 Å². The van der Waals surface area contributed by atoms with Gasteiger partial charge in [0.1, 0.15) is 5.75 Å². The number of hydrogen-bond donors (Lipinski definition) is 3. The highest BCUT2D eigenvalue weighted by Gasteiger charge is 2.14. The fourth-order valence-electron chi connectivity index (χ4n) is 1.71. The highest BCUT2D eigenvalue weighted by molar-refractivity contribution is 9.10. The first-order valence-electron chi connectivity index (χ1n) is 6.22. The summed E-state index contributed by atoms with van der Waals surface area (Å²) >= 11 is 8.24. The number of thiocarbonyl (C=S) groups is 1. The lowest BCUT2D eigenvalue weighted by Crippen LogP contribution is -2.34. The van der Waals surface area contributed by atoms with E-state index >= 15 is 0 Å². The number of benzene rings is 2. The van der Waals surface area contributed by atoms with Gasteiger partial charge in [0.2, 0.25) is 0 Å². The van der Waals surface area contributed by atoms with E-state index in [1.807, 2.05) is 0 Å². The molecule has 2 aromatic carbocycles. The molecule has 1 amide bonds. The number of nitro benzene ring substituents is 1. The minimum absolute atomic E-state index is 0.0247. The predicted molar refractivity (Wildman–Crippen MR) is 92.6 cm³/mol. The van der Waals surface area contributed by atoms with Crippen molar-refractivity contribution in [1.82, 2.24) is 5.32 Å². The zero-order valence-corrected chi connectivity index (χ0v) is 13.8. The van der Waals surface area contributed by atoms with Gasteiger partial charge in [0, 0.05) is 16.6 Å². The number of nitro groups is 1. The SMILES string of the molecule is O=C(NC(=S)Nc1cc([N+](=O)[O-])ccc1O)c1ccccc1Br. The first-order valence-corrected chi connectivity index (χ1v) is 7.43. The molecule has 0 unspecified atom stereocenters. The number of carbonyl (C=O) groups excluding carboxylic acids is 1. The maximum atomic E-state index is 12.1. The van der Waals surface area contributed by atoms with Crippen LogP contribution in [0.2, 0.25) is 0 Å². The Morgan fingerprint density at radius 2 is 1.96 bits per heavy atom. The summed E-state index contributed by atoms with van der Waals surface area (Å²) in [5.74, 6) is -0.687. The van der Waals surface area contributed by atoms with Crippen molar-refractivity contribution in [2.45, 2.75) is 0 Å². The number of hydrogen-bond acceptors (Lipinski definition) is 5. The normalized spacial score (nSPS) is 9.96. The summed E-state index contributed by atoms with van der Waals surface area (Å²) in [6.07, 6.45) is 0. The summed E-state index contributed by atoms with van der Waals surface area (Å²) < 4.78 is 0.596. The van der Waals surface area contributed by atoms with Gasteiger partial charge < -0.3 is 10.4 Å². The lowest BCUT2D eigenvalue weighted by Gasteiger charge is -2.11. The van der Waals surface area contributed by atoms with Crippen LogP contribution in [0.25, 0.3) is 0 Å². The monoisotopic (exact) mass is 395 g/mol. The lowest BCUT2D eigenvalue weighted by molar-refractivity contribution is -0.384. The zero-order chi connectivity index (χ0) is 17.0. The highest BCUT2D eigenvalue weighted by atomic mass is 79.9. The fraction of sp³-hybridized carbons (Fsp3) is 0. The van der Waals surface area contributed by atoms with Crippen molar-refractivity contribution in [3.05, 3.63) is 62.6 Å². The van der Waals surface area contributed by atoms with Gasteiger partial charge in [-0.2, -0.15) is 0 Å². The average Bonchev–Trinajstić information content (AvgIpc) is 2.49. The molecule has 0 aromatic heterocycles. The Kier molecular flexibility index (Phi) is 5.24. The fourth-order valence-corrected chi connectivity index (χ4v) is 2.37. The van der Waals surface area contributed by atoms with Crippen LogP contribution in [-0.4, -0.2) is 21.0 Å². The number of phenols is 1. The van der Waals surface area contributed by atoms with Crippen LogP contribution >= 0.6 is 28.1 Å². The summed E-state index contributed by atoms with van der Waals surface area (Å²) in [6.45, 7) is 0. The standard InChI is InChI=1S/C14H10BrN3O4S/c15-10-4-2-1-3-9(10)13(20)17-14(23)16-11-7-8(18(21)22)5-6-12(11)19/h1-7,19H,(H2,16,17,20,23). The number of nitrogens with zero attached hydrogens (tertiary/aromatic N) is 1. The van der Waals surface area contributed by atoms with Crippen LogP contribution in [0.4, 0.5) is 11.4 Å². The van der Waals surface area contributed by atoms with Crippen LogP contribution in [0, 0.1) is 10.1 Å². The second-order valence-corrected chi connectivity index (χ2v) is 5.61. The van der Waals surface area contributed by atoms with Gasteiger partial charge in [0.05, 0.1) is 16.2 Å². The number of carbonyl (C=O) groups is 1. The Morgan fingerprint density at radius 1 is 1.26 bits per heavy atom. The molecular formula is C14H10BrN3O4S. The molecule has 0 aliphatic carbocycles. The van der Waals surface area contributed by atoms with Crippen LogP contribution < -0.4 is 10.6 Å². The molecule has 2 aromatic rings. The highest BCUT2D eigenvalue weighted by Crippen LogP contribution is 2.27. The Bertz CT molecular complexity index is 797. The topological polar surface area (TPSA) is 104 Å². The van der Waals surface area contributed by atoms with Gasteiger partial charge in [-0.15, -0.1) is 0 Å². The van der Waals surface area contributed by atoms with E-state index in [2.05, 4.69) is 26.6 Å². The molecule has 0 spiro atoms. The Morgan fingerprint density at radius 3 is 2.61 bits per heavy atom. The number of phenolic OH excluding ortho intramolecular Hbond substituents is 1. The third kappa shape index (κ3) is 4.24. The molecule has 0 saturated carbocycles. The van der Waals surface area contributed by atoms with Crippen LogP contribution in [0.3, 0.4) is 0 Å². The molecule has 9 heteroatoms. The van der Waals surface area contributed by atoms with Crippen molar-refractivity contribution in [3.8, 4) is 5.75 Å². The molecule has 0 bridgehead atoms. The van der Waals surface area contributed by atoms with E-state index in [4.69, 9.17) is 12.2 Å². The van der Waals surface area contributed by atoms with E-state index < -0.39 is 10.8 Å². The minimum Gasteiger partial charge on any atom is -0.506 e. The van der Waals surface area contributed by atoms with Crippen LogP contribution in [-0.2, 0) is 0 Å². The molecule has 0 heterocycles. The Hall–Kier alpha value is -2.52. The third-order valence-electron chi connectivity index (χ3n) is 2.78. The van der Waals surface area contributed by atoms with Crippen molar-refractivity contribution in [1.29, 1.82) is 0 Å². The average molecular weight is 396 g/mol. The molecular weight excluding hydrogens is 386 g/mol. The summed E-state index contributed by atoms with van der Waals surface area (Å²) in [7, 11) is 0. The molecule has 0 atom stereocenters. The van der Waals surface area contributed by atoms with E-state index in [0.29, 0.717) is 10.0 Å². The Balaban J connectivity index is 2.11. The van der Waals surface area contributed by atoms with Gasteiger partial charge in [0.15, 0.2) is 5.11 Å². The van der Waals surface area contributed by atoms with Crippen molar-refractivity contribution in [2.24, 2.45) is 0 Å². The molecule has 7 nitrogen and oxygen atoms in total. The van der Waals surface area contributed by atoms with E-state index in [9.17, 15) is 20.0 Å². The number of anilines is 1. The summed E-state index contributed by atoms with van der Waals surface area (Å²) in [6, 6.07) is 10.2. The largest absolute Gasteiger partial charge is 0.506 e. The van der Waals surface area contributed by atoms with E-state index in [-0.39, 0.29) is 22.2 Å². The van der Waals surface area contributed by atoms with Gasteiger partial charge in [-0.1, -0.05) is 12.1 Å². The molecule has 0 fully saturated rings. The minimum atomic E-state index is -0.604. The molecule has 3 N–H and O–H groups in total. The molecule has 0 radical (unpaired) electrons. The van der Waals surface area contributed by atoms with Gasteiger partial charge in [-0.05, 0) is 46.3 Å². The summed E-state index contributed by atoms with van der Waals surface area (Å²) in [5, 5.41) is 25.3. The maximum Gasteiger partial charge on any atom is 0.271 e. The maximum absolute atomic E-state index is 12.1. The van der Waals surface area contributed by atoms with E-state index in [0.717, 1.165) is 12.1 Å². The lowest BCUT2D eigenvalue weighted by atomic mass is 10.2. The van der Waals surface area contributed by atoms with Crippen molar-refractivity contribution < 1.29 is 14.8 Å². The molecule has 118 valence electrons.